The molecule has 9 heteroatoms. The zero-order valence-corrected chi connectivity index (χ0v) is 33.9. The van der Waals surface area contributed by atoms with E-state index in [0.29, 0.717) is 53.8 Å². The van der Waals surface area contributed by atoms with Crippen molar-refractivity contribution in [2.75, 3.05) is 7.05 Å². The first-order chi connectivity index (χ1) is 25.8. The van der Waals surface area contributed by atoms with Gasteiger partial charge in [0.05, 0.1) is 23.4 Å². The number of aromatic nitrogens is 1. The molecule has 3 aliphatic carbocycles. The number of aromatic hydroxyl groups is 1. The third-order valence-corrected chi connectivity index (χ3v) is 12.2. The Balaban J connectivity index is 1.34. The summed E-state index contributed by atoms with van der Waals surface area (Å²) < 4.78 is 21.1. The number of hydrogen-bond donors (Lipinski definition) is 1. The van der Waals surface area contributed by atoms with Crippen molar-refractivity contribution < 1.29 is 33.7 Å². The maximum Gasteiger partial charge on any atom is 0.249 e. The molecule has 1 saturated carbocycles. The lowest BCUT2D eigenvalue weighted by atomic mass is 9.51. The van der Waals surface area contributed by atoms with Crippen molar-refractivity contribution in [3.05, 3.63) is 98.9 Å². The highest BCUT2D eigenvalue weighted by molar-refractivity contribution is 6.19. The van der Waals surface area contributed by atoms with Gasteiger partial charge in [0, 0.05) is 47.7 Å². The van der Waals surface area contributed by atoms with Crippen molar-refractivity contribution in [2.24, 2.45) is 11.8 Å². The van der Waals surface area contributed by atoms with Gasteiger partial charge in [0.25, 0.3) is 0 Å². The molecule has 0 radical (unpaired) electrons. The van der Waals surface area contributed by atoms with Gasteiger partial charge in [0.2, 0.25) is 5.91 Å². The third kappa shape index (κ3) is 6.10. The van der Waals surface area contributed by atoms with E-state index in [1.165, 1.54) is 5.57 Å². The molecule has 4 bridgehead atoms. The number of pyridine rings is 1. The van der Waals surface area contributed by atoms with E-state index >= 15 is 4.79 Å². The summed E-state index contributed by atoms with van der Waals surface area (Å²) in [5, 5.41) is 12.0. The van der Waals surface area contributed by atoms with Gasteiger partial charge in [-0.25, -0.2) is 0 Å². The number of hydrogen-bond acceptors (Lipinski definition) is 8. The van der Waals surface area contributed by atoms with Gasteiger partial charge in [-0.3, -0.25) is 19.4 Å². The molecule has 9 nitrogen and oxygen atoms in total. The monoisotopic (exact) mass is 746 g/mol. The number of ketones is 2. The number of ether oxygens (including phenoxy) is 3. The summed E-state index contributed by atoms with van der Waals surface area (Å²) in [5.41, 5.74) is 1.23. The molecule has 3 aliphatic heterocycles. The van der Waals surface area contributed by atoms with Crippen LogP contribution in [-0.2, 0) is 27.3 Å². The van der Waals surface area contributed by atoms with Crippen LogP contribution in [0.25, 0.3) is 6.08 Å². The quantitative estimate of drug-likeness (QED) is 0.190. The average Bonchev–Trinajstić information content (AvgIpc) is 3.26. The molecule has 6 aliphatic rings. The minimum absolute atomic E-state index is 0.0260. The number of likely N-dealkylation sites (N-methyl/N-ethyl adjacent to an activating group) is 1. The summed E-state index contributed by atoms with van der Waals surface area (Å²) in [6.45, 7) is 18.0. The number of allylic oxidation sites excluding steroid dienone is 5. The highest BCUT2D eigenvalue weighted by atomic mass is 16.6. The summed E-state index contributed by atoms with van der Waals surface area (Å²) >= 11 is 0. The minimum atomic E-state index is -1.60. The minimum Gasteiger partial charge on any atom is -0.506 e. The van der Waals surface area contributed by atoms with Crippen LogP contribution in [0.5, 0.6) is 17.2 Å². The van der Waals surface area contributed by atoms with Gasteiger partial charge in [-0.05, 0) is 112 Å². The fourth-order valence-electron chi connectivity index (χ4n) is 9.48. The number of aryl methyl sites for hydroxylation is 1. The number of nitrogens with zero attached hydrogens (tertiary/aromatic N) is 2. The van der Waals surface area contributed by atoms with Crippen LogP contribution in [0, 0.1) is 18.8 Å². The van der Waals surface area contributed by atoms with Crippen molar-refractivity contribution in [2.45, 2.75) is 123 Å². The average molecular weight is 747 g/mol. The Morgan fingerprint density at radius 1 is 1.02 bits per heavy atom. The standard InChI is InChI=1S/C46H54N2O7/c1-26(2)13-12-20-44(9)21-19-32-37(49)36-38(50)34-23-30-24-35-43(7,8)55-45(41(30)51,46(34,35)54-40(36)33(39(32)53-44)17-16-27(3)4)22-18-28(5)42(52)48(10)25-31-15-11-14-29(6)47-31/h11,13-16,18-19,21,23,30,35,49H,12,17,20,22,24-25H2,1-10H3/b28-18-. The molecule has 1 aromatic heterocycles. The van der Waals surface area contributed by atoms with E-state index in [0.717, 1.165) is 23.4 Å². The molecule has 1 amide bonds. The van der Waals surface area contributed by atoms with Crippen molar-refractivity contribution in [1.82, 2.24) is 9.88 Å². The molecule has 55 heavy (non-hydrogen) atoms. The third-order valence-electron chi connectivity index (χ3n) is 12.2. The van der Waals surface area contributed by atoms with E-state index in [1.54, 1.807) is 31.0 Å². The molecule has 5 atom stereocenters. The number of phenolic OH excluding ortho intramolecular Hbond substituents is 1. The molecule has 2 aromatic rings. The van der Waals surface area contributed by atoms with Crippen LogP contribution in [-0.4, -0.2) is 61.9 Å². The number of carbonyl (C=O) groups excluding carboxylic acids is 3. The Bertz CT molecular complexity index is 2160. The van der Waals surface area contributed by atoms with Gasteiger partial charge >= 0.3 is 0 Å². The first-order valence-corrected chi connectivity index (χ1v) is 19.5. The topological polar surface area (TPSA) is 115 Å². The van der Waals surface area contributed by atoms with E-state index in [-0.39, 0.29) is 46.9 Å². The maximum absolute atomic E-state index is 15.0. The Hall–Kier alpha value is -4.76. The first-order valence-electron chi connectivity index (χ1n) is 19.5. The van der Waals surface area contributed by atoms with Crippen LogP contribution >= 0.6 is 0 Å². The molecule has 1 aromatic carbocycles. The Morgan fingerprint density at radius 2 is 1.75 bits per heavy atom. The number of rotatable bonds is 10. The fraction of sp³-hybridized carbons (Fsp3) is 0.478. The molecule has 8 rings (SSSR count). The molecule has 5 unspecified atom stereocenters. The van der Waals surface area contributed by atoms with Crippen molar-refractivity contribution in [3.63, 3.8) is 0 Å². The molecule has 1 N–H and O–H groups in total. The molecule has 290 valence electrons. The lowest BCUT2D eigenvalue weighted by Gasteiger charge is -2.56. The summed E-state index contributed by atoms with van der Waals surface area (Å²) in [7, 11) is 1.73. The van der Waals surface area contributed by atoms with E-state index in [9.17, 15) is 14.7 Å². The van der Waals surface area contributed by atoms with Crippen LogP contribution in [0.4, 0.5) is 0 Å². The molecule has 4 heterocycles. The van der Waals surface area contributed by atoms with Crippen molar-refractivity contribution in [1.29, 1.82) is 0 Å². The molecular formula is C46H54N2O7. The van der Waals surface area contributed by atoms with E-state index < -0.39 is 28.3 Å². The lowest BCUT2D eigenvalue weighted by molar-refractivity contribution is -0.171. The van der Waals surface area contributed by atoms with Crippen LogP contribution in [0.15, 0.2) is 70.9 Å². The lowest BCUT2D eigenvalue weighted by Crippen LogP contribution is -2.72. The van der Waals surface area contributed by atoms with Gasteiger partial charge in [0.15, 0.2) is 22.8 Å². The summed E-state index contributed by atoms with van der Waals surface area (Å²) in [6, 6.07) is 5.71. The van der Waals surface area contributed by atoms with Gasteiger partial charge in [-0.2, -0.15) is 0 Å². The number of amides is 1. The molecule has 1 spiro atoms. The molecular weight excluding hydrogens is 693 g/mol. The molecule has 1 saturated heterocycles. The van der Waals surface area contributed by atoms with Crippen LogP contribution in [0.3, 0.4) is 0 Å². The smallest absolute Gasteiger partial charge is 0.249 e. The van der Waals surface area contributed by atoms with Gasteiger partial charge < -0.3 is 24.2 Å². The predicted octanol–water partition coefficient (Wildman–Crippen LogP) is 8.52. The largest absolute Gasteiger partial charge is 0.506 e. The van der Waals surface area contributed by atoms with E-state index in [1.807, 2.05) is 71.9 Å². The van der Waals surface area contributed by atoms with Crippen LogP contribution in [0.2, 0.25) is 0 Å². The SMILES string of the molecule is CC(C)=CCCC1(C)C=Cc2c(O)c3c(c(CC=C(C)C)c2O1)OC12C(=CC4CC1C(C)(C)OC2(C/C=C(/C)C(=O)N(C)Cc1cccc(C)n1)C4=O)C3=O. The summed E-state index contributed by atoms with van der Waals surface area (Å²) in [6.07, 6.45) is 13.9. The summed E-state index contributed by atoms with van der Waals surface area (Å²) in [4.78, 5) is 49.7. The van der Waals surface area contributed by atoms with E-state index in [2.05, 4.69) is 31.0 Å². The number of fused-ring (bicyclic) bond motifs is 2. The number of phenols is 1. The molecule has 2 fully saturated rings. The van der Waals surface area contributed by atoms with Gasteiger partial charge in [-0.1, -0.05) is 41.5 Å². The maximum atomic E-state index is 15.0. The Labute approximate surface area is 324 Å². The van der Waals surface area contributed by atoms with Crippen LogP contribution < -0.4 is 9.47 Å². The Kier molecular flexibility index (Phi) is 9.43. The normalized spacial score (nSPS) is 28.0. The Morgan fingerprint density at radius 3 is 2.44 bits per heavy atom. The van der Waals surface area contributed by atoms with Gasteiger partial charge in [0.1, 0.15) is 28.4 Å². The first kappa shape index (κ1) is 38.5. The second-order valence-corrected chi connectivity index (χ2v) is 17.4. The van der Waals surface area contributed by atoms with Crippen LogP contribution in [0.1, 0.15) is 114 Å². The second-order valence-electron chi connectivity index (χ2n) is 17.4. The number of carbonyl (C=O) groups is 3. The number of Topliss-reactive ketones (excluding diaryl/α,β-unsaturated/α-hetero) is 2. The predicted molar refractivity (Wildman–Crippen MR) is 212 cm³/mol. The van der Waals surface area contributed by atoms with E-state index in [4.69, 9.17) is 14.2 Å². The van der Waals surface area contributed by atoms with Crippen molar-refractivity contribution >= 4 is 23.5 Å². The highest BCUT2D eigenvalue weighted by Gasteiger charge is 2.81. The second kappa shape index (κ2) is 13.5. The fourth-order valence-corrected chi connectivity index (χ4v) is 9.48. The van der Waals surface area contributed by atoms with Crippen molar-refractivity contribution in [3.8, 4) is 17.2 Å². The number of benzene rings is 1. The zero-order chi connectivity index (χ0) is 39.8. The summed E-state index contributed by atoms with van der Waals surface area (Å²) in [5.74, 6) is -1.20. The van der Waals surface area contributed by atoms with Gasteiger partial charge in [-0.15, -0.1) is 0 Å². The zero-order valence-electron chi connectivity index (χ0n) is 33.9. The highest BCUT2D eigenvalue weighted by Crippen LogP contribution is 2.68.